The van der Waals surface area contributed by atoms with Crippen LogP contribution in [0.1, 0.15) is 30.9 Å². The minimum Gasteiger partial charge on any atom is -0.308 e. The monoisotopic (exact) mass is 332 g/mol. The van der Waals surface area contributed by atoms with Gasteiger partial charge >= 0.3 is 0 Å². The molecule has 5 rings (SSSR count). The van der Waals surface area contributed by atoms with Crippen LogP contribution in [-0.4, -0.2) is 11.0 Å². The Morgan fingerprint density at radius 1 is 1.00 bits per heavy atom. The number of allylic oxidation sites excluding steroid dienone is 1. The molecule has 2 aromatic carbocycles. The molecule has 0 fully saturated rings. The molecule has 0 saturated heterocycles. The smallest absolute Gasteiger partial charge is 0.174 e. The van der Waals surface area contributed by atoms with Crippen LogP contribution in [0.4, 0.5) is 5.69 Å². The molecule has 0 N–H and O–H groups in total. The average molecular weight is 332 g/mol. The number of aliphatic imine (C=N–C) groups is 1. The maximum absolute atomic E-state index is 12.8. The number of benzene rings is 2. The summed E-state index contributed by atoms with van der Waals surface area (Å²) in [6.45, 7) is 0. The van der Waals surface area contributed by atoms with Crippen LogP contribution in [0.2, 0.25) is 0 Å². The summed E-state index contributed by atoms with van der Waals surface area (Å²) in [4.78, 5) is 21.1. The van der Waals surface area contributed by atoms with Crippen LogP contribution in [0.3, 0.4) is 0 Å². The van der Waals surface area contributed by atoms with E-state index >= 15 is 0 Å². The van der Waals surface area contributed by atoms with E-state index in [0.717, 1.165) is 40.5 Å². The van der Waals surface area contributed by atoms with Crippen molar-refractivity contribution in [3.63, 3.8) is 0 Å². The van der Waals surface area contributed by atoms with Gasteiger partial charge in [-0.3, -0.25) is 4.79 Å². The van der Waals surface area contributed by atoms with Crippen LogP contribution in [0, 0.1) is 0 Å². The normalized spacial score (nSPS) is 22.0. The van der Waals surface area contributed by atoms with E-state index in [9.17, 15) is 4.79 Å². The lowest BCUT2D eigenvalue weighted by atomic mass is 9.85. The first-order valence-electron chi connectivity index (χ1n) is 8.29. The molecule has 24 heavy (non-hydrogen) atoms. The van der Waals surface area contributed by atoms with Crippen LogP contribution in [0.25, 0.3) is 0 Å². The number of Topliss-reactive ketones (excluding diaryl/α,β-unsaturated/α-hetero) is 1. The second-order valence-electron chi connectivity index (χ2n) is 6.28. The van der Waals surface area contributed by atoms with Gasteiger partial charge in [-0.05, 0) is 42.3 Å². The summed E-state index contributed by atoms with van der Waals surface area (Å²) in [5.41, 5.74) is 4.20. The highest BCUT2D eigenvalue weighted by Gasteiger charge is 2.42. The van der Waals surface area contributed by atoms with Gasteiger partial charge < -0.3 is 4.90 Å². The minimum atomic E-state index is -0.0577. The number of rotatable bonds is 1. The molecule has 1 aliphatic carbocycles. The summed E-state index contributed by atoms with van der Waals surface area (Å²) < 4.78 is 0. The molecule has 0 bridgehead atoms. The Morgan fingerprint density at radius 2 is 1.79 bits per heavy atom. The third-order valence-electron chi connectivity index (χ3n) is 4.84. The summed E-state index contributed by atoms with van der Waals surface area (Å²) in [6.07, 6.45) is 2.45. The Hall–Kier alpha value is -2.33. The van der Waals surface area contributed by atoms with Gasteiger partial charge in [0.1, 0.15) is 0 Å². The van der Waals surface area contributed by atoms with Gasteiger partial charge in [0.15, 0.2) is 11.0 Å². The van der Waals surface area contributed by atoms with Crippen LogP contribution in [0.5, 0.6) is 0 Å². The lowest BCUT2D eigenvalue weighted by Gasteiger charge is -2.37. The van der Waals surface area contributed by atoms with E-state index in [0.29, 0.717) is 6.42 Å². The van der Waals surface area contributed by atoms with E-state index in [1.165, 1.54) is 4.90 Å². The Morgan fingerprint density at radius 3 is 2.67 bits per heavy atom. The van der Waals surface area contributed by atoms with Crippen molar-refractivity contribution in [1.82, 2.24) is 0 Å². The first-order valence-corrected chi connectivity index (χ1v) is 9.10. The molecule has 0 radical (unpaired) electrons. The summed E-state index contributed by atoms with van der Waals surface area (Å²) in [7, 11) is 0. The summed E-state index contributed by atoms with van der Waals surface area (Å²) in [5, 5.41) is 0.999. The number of thioether (sulfide) groups is 1. The molecule has 118 valence electrons. The molecule has 0 spiro atoms. The van der Waals surface area contributed by atoms with E-state index in [4.69, 9.17) is 4.99 Å². The van der Waals surface area contributed by atoms with Gasteiger partial charge in [0.25, 0.3) is 0 Å². The quantitative estimate of drug-likeness (QED) is 0.758. The SMILES string of the molecule is O=C1CCCC2=C1C(c1ccccc1)N1C(=N2)Sc2ccccc21. The van der Waals surface area contributed by atoms with E-state index in [1.807, 2.05) is 18.2 Å². The van der Waals surface area contributed by atoms with Gasteiger partial charge in [-0.25, -0.2) is 4.99 Å². The molecule has 0 saturated carbocycles. The first kappa shape index (κ1) is 14.1. The number of fused-ring (bicyclic) bond motifs is 3. The van der Waals surface area contributed by atoms with Crippen molar-refractivity contribution < 1.29 is 4.79 Å². The molecule has 1 unspecified atom stereocenters. The van der Waals surface area contributed by atoms with Gasteiger partial charge in [0, 0.05) is 16.9 Å². The molecule has 0 aromatic heterocycles. The zero-order chi connectivity index (χ0) is 16.1. The van der Waals surface area contributed by atoms with Crippen molar-refractivity contribution in [3.05, 3.63) is 71.4 Å². The van der Waals surface area contributed by atoms with Crippen molar-refractivity contribution in [2.75, 3.05) is 4.90 Å². The van der Waals surface area contributed by atoms with Crippen LogP contribution >= 0.6 is 11.8 Å². The molecule has 2 heterocycles. The maximum atomic E-state index is 12.8. The fourth-order valence-corrected chi connectivity index (χ4v) is 4.86. The Labute approximate surface area is 145 Å². The fraction of sp³-hybridized carbons (Fsp3) is 0.200. The zero-order valence-electron chi connectivity index (χ0n) is 13.1. The Kier molecular flexibility index (Phi) is 3.13. The maximum Gasteiger partial charge on any atom is 0.174 e. The number of carbonyl (C=O) groups is 1. The number of hydrogen-bond acceptors (Lipinski definition) is 4. The van der Waals surface area contributed by atoms with E-state index in [1.54, 1.807) is 11.8 Å². The molecule has 1 atom stereocenters. The fourth-order valence-electron chi connectivity index (χ4n) is 3.79. The average Bonchev–Trinajstić information content (AvgIpc) is 2.99. The summed E-state index contributed by atoms with van der Waals surface area (Å²) in [6, 6.07) is 18.6. The van der Waals surface area contributed by atoms with Gasteiger partial charge in [0.2, 0.25) is 0 Å². The predicted octanol–water partition coefficient (Wildman–Crippen LogP) is 4.72. The Balaban J connectivity index is 1.75. The van der Waals surface area contributed by atoms with Crippen molar-refractivity contribution in [2.45, 2.75) is 30.2 Å². The summed E-state index contributed by atoms with van der Waals surface area (Å²) in [5.74, 6) is 0.252. The van der Waals surface area contributed by atoms with E-state index in [2.05, 4.69) is 41.3 Å². The number of anilines is 1. The van der Waals surface area contributed by atoms with Crippen LogP contribution in [0.15, 0.2) is 75.8 Å². The lowest BCUT2D eigenvalue weighted by molar-refractivity contribution is -0.116. The summed E-state index contributed by atoms with van der Waals surface area (Å²) >= 11 is 1.71. The van der Waals surface area contributed by atoms with Crippen LogP contribution < -0.4 is 4.90 Å². The number of hydrogen-bond donors (Lipinski definition) is 0. The van der Waals surface area contributed by atoms with Gasteiger partial charge in [-0.15, -0.1) is 0 Å². The largest absolute Gasteiger partial charge is 0.308 e. The Bertz CT molecular complexity index is 901. The second kappa shape index (κ2) is 5.35. The molecule has 0 amide bonds. The highest BCUT2D eigenvalue weighted by atomic mass is 32.2. The molecular weight excluding hydrogens is 316 g/mol. The lowest BCUT2D eigenvalue weighted by Crippen LogP contribution is -2.38. The van der Waals surface area contributed by atoms with E-state index in [-0.39, 0.29) is 11.8 Å². The minimum absolute atomic E-state index is 0.0577. The molecule has 2 aliphatic heterocycles. The number of para-hydroxylation sites is 1. The molecule has 3 nitrogen and oxygen atoms in total. The molecule has 4 heteroatoms. The van der Waals surface area contributed by atoms with Crippen molar-refractivity contribution in [3.8, 4) is 0 Å². The van der Waals surface area contributed by atoms with Gasteiger partial charge in [-0.2, -0.15) is 0 Å². The number of carbonyl (C=O) groups excluding carboxylic acids is 1. The highest BCUT2D eigenvalue weighted by Crippen LogP contribution is 2.51. The number of ketones is 1. The standard InChI is InChI=1S/C20H16N2OS/c23-16-11-6-9-14-18(16)19(13-7-2-1-3-8-13)22-15-10-4-5-12-17(15)24-20(22)21-14/h1-5,7-8,10,12,19H,6,9,11H2. The van der Waals surface area contributed by atoms with E-state index < -0.39 is 0 Å². The van der Waals surface area contributed by atoms with Crippen molar-refractivity contribution in [1.29, 1.82) is 0 Å². The van der Waals surface area contributed by atoms with Crippen LogP contribution in [-0.2, 0) is 4.79 Å². The zero-order valence-corrected chi connectivity index (χ0v) is 13.9. The third kappa shape index (κ3) is 1.99. The third-order valence-corrected chi connectivity index (χ3v) is 5.87. The van der Waals surface area contributed by atoms with Gasteiger partial charge in [-0.1, -0.05) is 42.5 Å². The molecule has 3 aliphatic rings. The first-order chi connectivity index (χ1) is 11.8. The second-order valence-corrected chi connectivity index (χ2v) is 7.29. The predicted molar refractivity (Wildman–Crippen MR) is 97.3 cm³/mol. The number of nitrogens with zero attached hydrogens (tertiary/aromatic N) is 2. The highest BCUT2D eigenvalue weighted by molar-refractivity contribution is 8.14. The van der Waals surface area contributed by atoms with Crippen molar-refractivity contribution in [2.24, 2.45) is 4.99 Å². The van der Waals surface area contributed by atoms with Gasteiger partial charge in [0.05, 0.1) is 17.4 Å². The number of amidine groups is 1. The molecule has 2 aromatic rings. The topological polar surface area (TPSA) is 32.7 Å². The molecular formula is C20H16N2OS. The van der Waals surface area contributed by atoms with Crippen molar-refractivity contribution >= 4 is 28.4 Å².